The van der Waals surface area contributed by atoms with Gasteiger partial charge in [0.15, 0.2) is 23.1 Å². The van der Waals surface area contributed by atoms with Gasteiger partial charge in [0.1, 0.15) is 17.2 Å². The van der Waals surface area contributed by atoms with Gasteiger partial charge in [-0.25, -0.2) is 18.2 Å². The molecule has 0 aliphatic carbocycles. The van der Waals surface area contributed by atoms with Crippen molar-refractivity contribution in [1.82, 2.24) is 4.90 Å². The van der Waals surface area contributed by atoms with Crippen LogP contribution in [0.3, 0.4) is 0 Å². The van der Waals surface area contributed by atoms with E-state index in [2.05, 4.69) is 4.99 Å². The van der Waals surface area contributed by atoms with E-state index in [9.17, 15) is 18.0 Å². The van der Waals surface area contributed by atoms with Gasteiger partial charge < -0.3 is 15.2 Å². The van der Waals surface area contributed by atoms with Crippen LogP contribution in [0, 0.1) is 17.5 Å². The molecule has 5 rings (SSSR count). The summed E-state index contributed by atoms with van der Waals surface area (Å²) < 4.78 is 54.0. The van der Waals surface area contributed by atoms with E-state index >= 15 is 0 Å². The number of likely N-dealkylation sites (N-methyl/N-ethyl adjacent to an activating group) is 1. The van der Waals surface area contributed by atoms with Crippen molar-refractivity contribution in [2.75, 3.05) is 20.3 Å². The van der Waals surface area contributed by atoms with E-state index in [4.69, 9.17) is 15.2 Å². The van der Waals surface area contributed by atoms with Crippen LogP contribution in [0.4, 0.5) is 13.2 Å². The van der Waals surface area contributed by atoms with Crippen LogP contribution in [0.5, 0.6) is 5.75 Å². The molecule has 0 saturated carbocycles. The highest BCUT2D eigenvalue weighted by Gasteiger charge is 2.58. The fourth-order valence-corrected chi connectivity index (χ4v) is 4.74. The quantitative estimate of drug-likeness (QED) is 0.704. The summed E-state index contributed by atoms with van der Waals surface area (Å²) in [6.45, 7) is 0.902. The Morgan fingerprint density at radius 3 is 2.68 bits per heavy atom. The molecule has 0 aromatic heterocycles. The Morgan fingerprint density at radius 2 is 2.00 bits per heavy atom. The number of nitrogens with zero attached hydrogens (tertiary/aromatic N) is 2. The number of carbonyl (C=O) groups is 1. The van der Waals surface area contributed by atoms with Crippen molar-refractivity contribution in [3.05, 3.63) is 53.3 Å². The standard InChI is InChI=1S/C22H20F3N3O3/c1-28-19(29)22(27-20(28)26)10-21(5-2-6-30-11-21)31-17-4-3-12(7-15(17)22)14-8-13(23)9-16(24)18(14)25/h3-4,7-9H,2,5-6,10-11H2,1H3,(H2,26,27). The fraction of sp³-hybridized carbons (Fsp3) is 0.364. The van der Waals surface area contributed by atoms with Gasteiger partial charge in [-0.1, -0.05) is 6.07 Å². The number of hydrogen-bond acceptors (Lipinski definition) is 5. The average molecular weight is 431 g/mol. The summed E-state index contributed by atoms with van der Waals surface area (Å²) in [6.07, 6.45) is 1.63. The lowest BCUT2D eigenvalue weighted by molar-refractivity contribution is -0.139. The predicted octanol–water partition coefficient (Wildman–Crippen LogP) is 3.08. The van der Waals surface area contributed by atoms with Crippen molar-refractivity contribution in [2.24, 2.45) is 10.7 Å². The van der Waals surface area contributed by atoms with E-state index in [-0.39, 0.29) is 29.4 Å². The summed E-state index contributed by atoms with van der Waals surface area (Å²) in [5.74, 6) is -3.29. The molecule has 1 saturated heterocycles. The largest absolute Gasteiger partial charge is 0.484 e. The minimum Gasteiger partial charge on any atom is -0.484 e. The summed E-state index contributed by atoms with van der Waals surface area (Å²) in [7, 11) is 1.53. The zero-order chi connectivity index (χ0) is 22.0. The third-order valence-corrected chi connectivity index (χ3v) is 6.23. The maximum absolute atomic E-state index is 14.4. The zero-order valence-corrected chi connectivity index (χ0v) is 16.8. The van der Waals surface area contributed by atoms with E-state index in [0.29, 0.717) is 37.0 Å². The van der Waals surface area contributed by atoms with E-state index in [0.717, 1.165) is 12.5 Å². The lowest BCUT2D eigenvalue weighted by atomic mass is 9.74. The molecule has 2 aromatic rings. The minimum absolute atomic E-state index is 0.0538. The van der Waals surface area contributed by atoms with Crippen LogP contribution in [-0.2, 0) is 15.1 Å². The van der Waals surface area contributed by atoms with Crippen LogP contribution in [0.2, 0.25) is 0 Å². The molecule has 3 aliphatic heterocycles. The minimum atomic E-state index is -1.38. The summed E-state index contributed by atoms with van der Waals surface area (Å²) in [6, 6.07) is 5.96. The number of aliphatic imine (C=N–C) groups is 1. The van der Waals surface area contributed by atoms with Crippen LogP contribution in [0.1, 0.15) is 24.8 Å². The monoisotopic (exact) mass is 431 g/mol. The predicted molar refractivity (Wildman–Crippen MR) is 106 cm³/mol. The van der Waals surface area contributed by atoms with Gasteiger partial charge in [-0.05, 0) is 36.6 Å². The van der Waals surface area contributed by atoms with Gasteiger partial charge in [-0.2, -0.15) is 0 Å². The molecule has 3 heterocycles. The number of hydrogen-bond donors (Lipinski definition) is 1. The van der Waals surface area contributed by atoms with E-state index in [1.165, 1.54) is 24.1 Å². The molecule has 6 nitrogen and oxygen atoms in total. The summed E-state index contributed by atoms with van der Waals surface area (Å²) in [4.78, 5) is 19.1. The molecule has 0 bridgehead atoms. The van der Waals surface area contributed by atoms with Crippen LogP contribution in [0.15, 0.2) is 35.3 Å². The third-order valence-electron chi connectivity index (χ3n) is 6.23. The Balaban J connectivity index is 1.71. The van der Waals surface area contributed by atoms with E-state index in [1.807, 2.05) is 0 Å². The number of nitrogens with two attached hydrogens (primary N) is 1. The fourth-order valence-electron chi connectivity index (χ4n) is 4.74. The first-order valence-electron chi connectivity index (χ1n) is 9.94. The van der Waals surface area contributed by atoms with Gasteiger partial charge >= 0.3 is 0 Å². The van der Waals surface area contributed by atoms with Crippen LogP contribution in [0.25, 0.3) is 11.1 Å². The highest BCUT2D eigenvalue weighted by atomic mass is 19.2. The maximum Gasteiger partial charge on any atom is 0.261 e. The Kier molecular flexibility index (Phi) is 4.30. The molecule has 3 aliphatic rings. The SMILES string of the molecule is CN1C(=O)C2(CC3(CCCOC3)Oc3ccc(-c4cc(F)cc(F)c4F)cc32)N=C1N. The first-order valence-corrected chi connectivity index (χ1v) is 9.94. The van der Waals surface area contributed by atoms with Gasteiger partial charge in [0, 0.05) is 37.3 Å². The zero-order valence-electron chi connectivity index (χ0n) is 16.8. The Morgan fingerprint density at radius 1 is 1.19 bits per heavy atom. The van der Waals surface area contributed by atoms with E-state index < -0.39 is 28.6 Å². The molecule has 9 heteroatoms. The third kappa shape index (κ3) is 2.90. The van der Waals surface area contributed by atoms with Crippen molar-refractivity contribution >= 4 is 11.9 Å². The van der Waals surface area contributed by atoms with Gasteiger partial charge in [0.2, 0.25) is 0 Å². The first-order chi connectivity index (χ1) is 14.7. The molecular weight excluding hydrogens is 411 g/mol. The number of guanidine groups is 1. The summed E-state index contributed by atoms with van der Waals surface area (Å²) in [5.41, 5.74) is 4.17. The second-order valence-electron chi connectivity index (χ2n) is 8.27. The molecule has 2 atom stereocenters. The highest BCUT2D eigenvalue weighted by Crippen LogP contribution is 2.52. The Hall–Kier alpha value is -3.07. The van der Waals surface area contributed by atoms with Crippen molar-refractivity contribution in [2.45, 2.75) is 30.4 Å². The smallest absolute Gasteiger partial charge is 0.261 e. The highest BCUT2D eigenvalue weighted by molar-refractivity contribution is 6.07. The average Bonchev–Trinajstić information content (AvgIpc) is 2.95. The van der Waals surface area contributed by atoms with Crippen molar-refractivity contribution < 1.29 is 27.4 Å². The normalized spacial score (nSPS) is 27.4. The Bertz CT molecular complexity index is 1130. The topological polar surface area (TPSA) is 77.2 Å². The molecule has 31 heavy (non-hydrogen) atoms. The van der Waals surface area contributed by atoms with Gasteiger partial charge in [-0.3, -0.25) is 9.69 Å². The Labute approximate surface area is 176 Å². The van der Waals surface area contributed by atoms with Crippen LogP contribution >= 0.6 is 0 Å². The number of rotatable bonds is 1. The van der Waals surface area contributed by atoms with Gasteiger partial charge in [0.25, 0.3) is 5.91 Å². The van der Waals surface area contributed by atoms with Gasteiger partial charge in [-0.15, -0.1) is 0 Å². The maximum atomic E-state index is 14.4. The van der Waals surface area contributed by atoms with Crippen LogP contribution in [-0.4, -0.2) is 42.6 Å². The van der Waals surface area contributed by atoms with Gasteiger partial charge in [0.05, 0.1) is 6.61 Å². The molecule has 2 spiro atoms. The molecule has 1 amide bonds. The van der Waals surface area contributed by atoms with Crippen molar-refractivity contribution in [1.29, 1.82) is 0 Å². The molecule has 2 unspecified atom stereocenters. The number of benzene rings is 2. The number of amides is 1. The molecule has 2 aromatic carbocycles. The second kappa shape index (κ2) is 6.71. The lowest BCUT2D eigenvalue weighted by Crippen LogP contribution is -2.55. The van der Waals surface area contributed by atoms with E-state index in [1.54, 1.807) is 6.07 Å². The molecule has 162 valence electrons. The lowest BCUT2D eigenvalue weighted by Gasteiger charge is -2.46. The summed E-state index contributed by atoms with van der Waals surface area (Å²) in [5, 5.41) is 0. The van der Waals surface area contributed by atoms with Crippen LogP contribution < -0.4 is 10.5 Å². The molecule has 2 N–H and O–H groups in total. The second-order valence-corrected chi connectivity index (χ2v) is 8.27. The number of carbonyl (C=O) groups excluding carboxylic acids is 1. The molecular formula is C22H20F3N3O3. The molecule has 0 radical (unpaired) electrons. The number of ether oxygens (including phenoxy) is 2. The summed E-state index contributed by atoms with van der Waals surface area (Å²) >= 11 is 0. The van der Waals surface area contributed by atoms with Crippen molar-refractivity contribution in [3.8, 4) is 16.9 Å². The molecule has 1 fully saturated rings. The number of fused-ring (bicyclic) bond motifs is 2. The first kappa shape index (κ1) is 19.9. The van der Waals surface area contributed by atoms with Crippen molar-refractivity contribution in [3.63, 3.8) is 0 Å². The number of halogens is 3.